The fourth-order valence-corrected chi connectivity index (χ4v) is 6.36. The van der Waals surface area contributed by atoms with Crippen molar-refractivity contribution in [1.29, 1.82) is 0 Å². The Morgan fingerprint density at radius 2 is 1.38 bits per heavy atom. The fraction of sp³-hybridized carbons (Fsp3) is 0.226. The van der Waals surface area contributed by atoms with E-state index in [1.807, 2.05) is 66.7 Å². The smallest absolute Gasteiger partial charge is 0.240 e. The second kappa shape index (κ2) is 12.9. The van der Waals surface area contributed by atoms with E-state index in [2.05, 4.69) is 16.9 Å². The molecule has 0 spiro atoms. The van der Waals surface area contributed by atoms with Crippen molar-refractivity contribution in [1.82, 2.24) is 4.72 Å². The molecule has 1 heterocycles. The number of hydrogen-bond donors (Lipinski definition) is 2. The number of ether oxygens (including phenoxy) is 2. The molecule has 4 aromatic carbocycles. The molecule has 202 valence electrons. The molecule has 1 aliphatic rings. The highest BCUT2D eigenvalue weighted by atomic mass is 32.2. The second-order valence-corrected chi connectivity index (χ2v) is 12.2. The van der Waals surface area contributed by atoms with E-state index in [4.69, 9.17) is 9.47 Å². The van der Waals surface area contributed by atoms with Gasteiger partial charge in [-0.05, 0) is 41.0 Å². The third kappa shape index (κ3) is 7.36. The normalized spacial score (nSPS) is 19.6. The third-order valence-corrected chi connectivity index (χ3v) is 9.13. The summed E-state index contributed by atoms with van der Waals surface area (Å²) in [5.41, 5.74) is 3.61. The number of aliphatic hydroxyl groups is 1. The van der Waals surface area contributed by atoms with Gasteiger partial charge in [0, 0.05) is 29.2 Å². The standard InChI is InChI=1S/C31H31NO5S2/c33-21-24-13-15-25(16-14-24)30-19-27(22-38-28-7-3-1-4-8-28)36-31(37-30)26-17-11-23(12-18-26)20-32-39(34,35)29-9-5-2-6-10-29/h1-18,27,30-33H,19-22H2/t27-,30+,31+/m0/s1. The van der Waals surface area contributed by atoms with Crippen molar-refractivity contribution in [2.75, 3.05) is 5.75 Å². The Morgan fingerprint density at radius 3 is 2.05 bits per heavy atom. The van der Waals surface area contributed by atoms with Gasteiger partial charge in [-0.25, -0.2) is 13.1 Å². The highest BCUT2D eigenvalue weighted by Crippen LogP contribution is 2.39. The highest BCUT2D eigenvalue weighted by molar-refractivity contribution is 7.99. The van der Waals surface area contributed by atoms with Crippen LogP contribution in [0.25, 0.3) is 0 Å². The van der Waals surface area contributed by atoms with Crippen LogP contribution in [0.3, 0.4) is 0 Å². The first-order valence-corrected chi connectivity index (χ1v) is 15.3. The van der Waals surface area contributed by atoms with Crippen molar-refractivity contribution >= 4 is 21.8 Å². The molecule has 4 aromatic rings. The molecule has 5 rings (SSSR count). The van der Waals surface area contributed by atoms with E-state index in [1.54, 1.807) is 42.1 Å². The van der Waals surface area contributed by atoms with Crippen LogP contribution in [0.4, 0.5) is 0 Å². The van der Waals surface area contributed by atoms with Crippen LogP contribution < -0.4 is 4.72 Å². The lowest BCUT2D eigenvalue weighted by Crippen LogP contribution is -2.31. The van der Waals surface area contributed by atoms with Crippen LogP contribution >= 0.6 is 11.8 Å². The maximum Gasteiger partial charge on any atom is 0.240 e. The molecule has 2 N–H and O–H groups in total. The van der Waals surface area contributed by atoms with Crippen molar-refractivity contribution in [2.24, 2.45) is 0 Å². The average molecular weight is 562 g/mol. The van der Waals surface area contributed by atoms with Gasteiger partial charge in [-0.1, -0.05) is 84.9 Å². The van der Waals surface area contributed by atoms with E-state index >= 15 is 0 Å². The van der Waals surface area contributed by atoms with Gasteiger partial charge in [0.15, 0.2) is 6.29 Å². The first-order valence-electron chi connectivity index (χ1n) is 12.8. The van der Waals surface area contributed by atoms with E-state index in [0.717, 1.165) is 28.0 Å². The first-order chi connectivity index (χ1) is 19.0. The fourth-order valence-electron chi connectivity index (χ4n) is 4.38. The summed E-state index contributed by atoms with van der Waals surface area (Å²) in [6.07, 6.45) is -0.0319. The molecule has 0 unspecified atom stereocenters. The summed E-state index contributed by atoms with van der Waals surface area (Å²) in [5, 5.41) is 9.42. The van der Waals surface area contributed by atoms with E-state index in [-0.39, 0.29) is 30.3 Å². The molecular weight excluding hydrogens is 530 g/mol. The van der Waals surface area contributed by atoms with Gasteiger partial charge >= 0.3 is 0 Å². The number of hydrogen-bond acceptors (Lipinski definition) is 6. The minimum atomic E-state index is -3.59. The molecule has 3 atom stereocenters. The second-order valence-electron chi connectivity index (χ2n) is 9.35. The predicted octanol–water partition coefficient (Wildman–Crippen LogP) is 6.00. The molecule has 0 saturated carbocycles. The summed E-state index contributed by atoms with van der Waals surface area (Å²) in [6.45, 7) is 0.182. The Morgan fingerprint density at radius 1 is 0.769 bits per heavy atom. The summed E-state index contributed by atoms with van der Waals surface area (Å²) < 4.78 is 40.6. The molecule has 0 bridgehead atoms. The quantitative estimate of drug-likeness (QED) is 0.231. The Bertz CT molecular complexity index is 1430. The average Bonchev–Trinajstić information content (AvgIpc) is 3.00. The summed E-state index contributed by atoms with van der Waals surface area (Å²) in [4.78, 5) is 1.43. The van der Waals surface area contributed by atoms with Crippen LogP contribution in [0.15, 0.2) is 119 Å². The van der Waals surface area contributed by atoms with E-state index < -0.39 is 16.3 Å². The van der Waals surface area contributed by atoms with Crippen LogP contribution in [-0.2, 0) is 32.6 Å². The molecule has 6 nitrogen and oxygen atoms in total. The number of nitrogens with one attached hydrogen (secondary N) is 1. The van der Waals surface area contributed by atoms with Crippen LogP contribution in [0.2, 0.25) is 0 Å². The minimum absolute atomic E-state index is 0.00172. The molecule has 1 fully saturated rings. The highest BCUT2D eigenvalue weighted by Gasteiger charge is 2.32. The Hall–Kier alpha value is -2.98. The van der Waals surface area contributed by atoms with Crippen LogP contribution in [0.5, 0.6) is 0 Å². The summed E-state index contributed by atoms with van der Waals surface area (Å²) in [7, 11) is -3.59. The summed E-state index contributed by atoms with van der Waals surface area (Å²) in [5.74, 6) is 0.786. The molecule has 0 radical (unpaired) electrons. The molecule has 1 saturated heterocycles. The van der Waals surface area contributed by atoms with Crippen molar-refractivity contribution < 1.29 is 23.0 Å². The number of sulfonamides is 1. The maximum atomic E-state index is 12.6. The van der Waals surface area contributed by atoms with Gasteiger partial charge in [0.2, 0.25) is 10.0 Å². The topological polar surface area (TPSA) is 84.9 Å². The molecule has 0 aromatic heterocycles. The van der Waals surface area contributed by atoms with Crippen molar-refractivity contribution in [2.45, 2.75) is 47.9 Å². The molecule has 39 heavy (non-hydrogen) atoms. The van der Waals surface area contributed by atoms with E-state index in [0.29, 0.717) is 6.42 Å². The van der Waals surface area contributed by atoms with Gasteiger partial charge in [0.25, 0.3) is 0 Å². The molecule has 8 heteroatoms. The zero-order valence-electron chi connectivity index (χ0n) is 21.3. The summed E-state index contributed by atoms with van der Waals surface area (Å²) in [6, 6.07) is 34.1. The third-order valence-electron chi connectivity index (χ3n) is 6.57. The molecule has 1 aliphatic heterocycles. The number of rotatable bonds is 10. The van der Waals surface area contributed by atoms with E-state index in [1.165, 1.54) is 4.90 Å². The van der Waals surface area contributed by atoms with Gasteiger partial charge in [-0.3, -0.25) is 0 Å². The summed E-state index contributed by atoms with van der Waals surface area (Å²) >= 11 is 1.76. The predicted molar refractivity (Wildman–Crippen MR) is 152 cm³/mol. The lowest BCUT2D eigenvalue weighted by molar-refractivity contribution is -0.245. The lowest BCUT2D eigenvalue weighted by atomic mass is 10.0. The molecule has 0 aliphatic carbocycles. The Labute approximate surface area is 234 Å². The maximum absolute atomic E-state index is 12.6. The molecular formula is C31H31NO5S2. The number of thioether (sulfide) groups is 1. The minimum Gasteiger partial charge on any atom is -0.392 e. The van der Waals surface area contributed by atoms with Crippen molar-refractivity contribution in [3.8, 4) is 0 Å². The van der Waals surface area contributed by atoms with Crippen molar-refractivity contribution in [3.05, 3.63) is 131 Å². The zero-order chi connectivity index (χ0) is 27.1. The van der Waals surface area contributed by atoms with Crippen LogP contribution in [-0.4, -0.2) is 25.4 Å². The van der Waals surface area contributed by atoms with Crippen molar-refractivity contribution in [3.63, 3.8) is 0 Å². The van der Waals surface area contributed by atoms with Crippen LogP contribution in [0, 0.1) is 0 Å². The Kier molecular flexibility index (Phi) is 9.13. The Balaban J connectivity index is 1.28. The van der Waals surface area contributed by atoms with Gasteiger partial charge in [-0.15, -0.1) is 11.8 Å². The zero-order valence-corrected chi connectivity index (χ0v) is 23.0. The number of aliphatic hydroxyl groups excluding tert-OH is 1. The van der Waals surface area contributed by atoms with E-state index in [9.17, 15) is 13.5 Å². The van der Waals surface area contributed by atoms with Crippen LogP contribution in [0.1, 0.15) is 41.1 Å². The van der Waals surface area contributed by atoms with Gasteiger partial charge in [-0.2, -0.15) is 0 Å². The van der Waals surface area contributed by atoms with Gasteiger partial charge < -0.3 is 14.6 Å². The van der Waals surface area contributed by atoms with Gasteiger partial charge in [0.05, 0.1) is 23.7 Å². The SMILES string of the molecule is O=S(=O)(NCc1ccc([C@@H]2O[C@H](CSc3ccccc3)C[C@H](c3ccc(CO)cc3)O2)cc1)c1ccccc1. The first kappa shape index (κ1) is 27.6. The largest absolute Gasteiger partial charge is 0.392 e. The number of benzene rings is 4. The van der Waals surface area contributed by atoms with Gasteiger partial charge in [0.1, 0.15) is 0 Å². The molecule has 0 amide bonds. The lowest BCUT2D eigenvalue weighted by Gasteiger charge is -2.36. The monoisotopic (exact) mass is 561 g/mol.